The van der Waals surface area contributed by atoms with Gasteiger partial charge in [-0.3, -0.25) is 4.79 Å². The highest BCUT2D eigenvalue weighted by Crippen LogP contribution is 2.41. The smallest absolute Gasteiger partial charge is 0.242 e. The highest BCUT2D eigenvalue weighted by atomic mass is 35.5. The second-order valence-corrected chi connectivity index (χ2v) is 9.71. The van der Waals surface area contributed by atoms with Crippen LogP contribution in [-0.2, 0) is 4.79 Å². The van der Waals surface area contributed by atoms with Gasteiger partial charge in [0.15, 0.2) is 0 Å². The molecule has 4 rings (SSSR count). The summed E-state index contributed by atoms with van der Waals surface area (Å²) < 4.78 is 0. The molecule has 0 fully saturated rings. The minimum absolute atomic E-state index is 0.123. The molecule has 0 aliphatic rings. The largest absolute Gasteiger partial charge is 0.325 e. The van der Waals surface area contributed by atoms with Crippen molar-refractivity contribution in [2.24, 2.45) is 0 Å². The van der Waals surface area contributed by atoms with Crippen LogP contribution in [0.4, 0.5) is 5.69 Å². The van der Waals surface area contributed by atoms with Crippen molar-refractivity contribution in [3.8, 4) is 0 Å². The monoisotopic (exact) mass is 453 g/mol. The van der Waals surface area contributed by atoms with Crippen LogP contribution in [0.5, 0.6) is 0 Å². The summed E-state index contributed by atoms with van der Waals surface area (Å²) in [5.41, 5.74) is 3.72. The Labute approximate surface area is 188 Å². The van der Waals surface area contributed by atoms with Gasteiger partial charge in [-0.1, -0.05) is 59.8 Å². The lowest BCUT2D eigenvalue weighted by Gasteiger charge is -2.17. The number of thiophene rings is 1. The number of amides is 1. The number of carbonyl (C=O) groups excluding carboxylic acids is 1. The van der Waals surface area contributed by atoms with Gasteiger partial charge in [0.25, 0.3) is 0 Å². The maximum absolute atomic E-state index is 13.3. The molecular weight excluding hydrogens is 434 g/mol. The van der Waals surface area contributed by atoms with Gasteiger partial charge in [-0.25, -0.2) is 9.97 Å². The molecule has 7 heteroatoms. The van der Waals surface area contributed by atoms with Gasteiger partial charge < -0.3 is 5.32 Å². The Morgan fingerprint density at radius 2 is 1.87 bits per heavy atom. The summed E-state index contributed by atoms with van der Waals surface area (Å²) in [4.78, 5) is 24.4. The Balaban J connectivity index is 1.71. The zero-order valence-corrected chi connectivity index (χ0v) is 19.2. The molecule has 4 aromatic rings. The molecule has 1 atom stereocenters. The summed E-state index contributed by atoms with van der Waals surface area (Å²) in [6.45, 7) is 6.09. The van der Waals surface area contributed by atoms with E-state index in [2.05, 4.69) is 29.1 Å². The van der Waals surface area contributed by atoms with Crippen LogP contribution in [0.2, 0.25) is 5.02 Å². The minimum Gasteiger partial charge on any atom is -0.325 e. The molecule has 1 N–H and O–H groups in total. The maximum Gasteiger partial charge on any atom is 0.242 e. The van der Waals surface area contributed by atoms with Gasteiger partial charge in [0.05, 0.1) is 0 Å². The van der Waals surface area contributed by atoms with Gasteiger partial charge in [-0.05, 0) is 49.6 Å². The summed E-state index contributed by atoms with van der Waals surface area (Å²) in [6, 6.07) is 15.3. The lowest BCUT2D eigenvalue weighted by molar-refractivity contribution is -0.115. The molecule has 2 heterocycles. The number of thioether (sulfide) groups is 1. The average Bonchev–Trinajstić information content (AvgIpc) is 3.04. The Kier molecular flexibility index (Phi) is 6.09. The number of hydrogen-bond donors (Lipinski definition) is 1. The summed E-state index contributed by atoms with van der Waals surface area (Å²) in [5.74, 6) is -0.123. The summed E-state index contributed by atoms with van der Waals surface area (Å²) in [5, 5.41) is 5.00. The van der Waals surface area contributed by atoms with Crippen molar-refractivity contribution in [1.82, 2.24) is 9.97 Å². The van der Waals surface area contributed by atoms with Gasteiger partial charge in [0.1, 0.15) is 21.4 Å². The maximum atomic E-state index is 13.3. The van der Waals surface area contributed by atoms with Crippen molar-refractivity contribution in [3.05, 3.63) is 81.4 Å². The topological polar surface area (TPSA) is 54.9 Å². The fraction of sp³-hybridized carbons (Fsp3) is 0.174. The lowest BCUT2D eigenvalue weighted by Crippen LogP contribution is -2.19. The Morgan fingerprint density at radius 3 is 2.60 bits per heavy atom. The van der Waals surface area contributed by atoms with Crippen molar-refractivity contribution < 1.29 is 4.79 Å². The fourth-order valence-corrected chi connectivity index (χ4v) is 5.53. The molecule has 1 unspecified atom stereocenters. The third-order valence-electron chi connectivity index (χ3n) is 4.94. The average molecular weight is 454 g/mol. The second-order valence-electron chi connectivity index (χ2n) is 7.00. The number of halogens is 1. The molecule has 0 bridgehead atoms. The first-order valence-electron chi connectivity index (χ1n) is 9.43. The highest BCUT2D eigenvalue weighted by Gasteiger charge is 2.25. The lowest BCUT2D eigenvalue weighted by atomic mass is 10.1. The van der Waals surface area contributed by atoms with Crippen LogP contribution in [0.3, 0.4) is 0 Å². The van der Waals surface area contributed by atoms with Crippen LogP contribution in [0.1, 0.15) is 26.8 Å². The third kappa shape index (κ3) is 4.21. The summed E-state index contributed by atoms with van der Waals surface area (Å²) in [7, 11) is 0. The number of aromatic nitrogens is 2. The number of hydrogen-bond acceptors (Lipinski definition) is 5. The Bertz CT molecular complexity index is 1220. The number of benzene rings is 2. The van der Waals surface area contributed by atoms with Crippen LogP contribution in [0.15, 0.2) is 59.9 Å². The molecule has 0 radical (unpaired) electrons. The van der Waals surface area contributed by atoms with Crippen molar-refractivity contribution in [2.45, 2.75) is 31.0 Å². The molecule has 0 aliphatic heterocycles. The Hall–Kier alpha value is -2.41. The molecular formula is C23H20ClN3OS2. The molecule has 152 valence electrons. The van der Waals surface area contributed by atoms with E-state index < -0.39 is 5.25 Å². The zero-order chi connectivity index (χ0) is 21.3. The first-order chi connectivity index (χ1) is 14.4. The predicted molar refractivity (Wildman–Crippen MR) is 127 cm³/mol. The molecule has 0 spiro atoms. The SMILES string of the molecule is Cc1ccc(NC(=O)C(Sc2ncnc3sc(C)c(C)c23)c2ccccc2)cc1Cl. The Morgan fingerprint density at radius 1 is 1.10 bits per heavy atom. The van der Waals surface area contributed by atoms with Gasteiger partial charge in [0.2, 0.25) is 5.91 Å². The molecule has 1 amide bonds. The van der Waals surface area contributed by atoms with Gasteiger partial charge in [-0.15, -0.1) is 11.3 Å². The van der Waals surface area contributed by atoms with E-state index in [1.54, 1.807) is 23.7 Å². The van der Waals surface area contributed by atoms with E-state index in [1.165, 1.54) is 16.6 Å². The van der Waals surface area contributed by atoms with Crippen molar-refractivity contribution in [3.63, 3.8) is 0 Å². The van der Waals surface area contributed by atoms with Crippen LogP contribution in [0, 0.1) is 20.8 Å². The number of nitrogens with one attached hydrogen (secondary N) is 1. The molecule has 0 aliphatic carbocycles. The number of anilines is 1. The minimum atomic E-state index is -0.469. The molecule has 0 saturated heterocycles. The number of nitrogens with zero attached hydrogens (tertiary/aromatic N) is 2. The van der Waals surface area contributed by atoms with Gasteiger partial charge >= 0.3 is 0 Å². The summed E-state index contributed by atoms with van der Waals surface area (Å²) >= 11 is 9.33. The van der Waals surface area contributed by atoms with E-state index in [0.29, 0.717) is 10.7 Å². The van der Waals surface area contributed by atoms with Crippen LogP contribution >= 0.6 is 34.7 Å². The van der Waals surface area contributed by atoms with E-state index in [-0.39, 0.29) is 5.91 Å². The molecule has 0 saturated carbocycles. The predicted octanol–water partition coefficient (Wildman–Crippen LogP) is 6.74. The van der Waals surface area contributed by atoms with E-state index in [9.17, 15) is 4.79 Å². The molecule has 4 nitrogen and oxygen atoms in total. The van der Waals surface area contributed by atoms with Crippen molar-refractivity contribution in [2.75, 3.05) is 5.32 Å². The number of fused-ring (bicyclic) bond motifs is 1. The third-order valence-corrected chi connectivity index (χ3v) is 7.72. The second kappa shape index (κ2) is 8.76. The zero-order valence-electron chi connectivity index (χ0n) is 16.8. The summed E-state index contributed by atoms with van der Waals surface area (Å²) in [6.07, 6.45) is 1.57. The van der Waals surface area contributed by atoms with Crippen molar-refractivity contribution in [1.29, 1.82) is 0 Å². The van der Waals surface area contributed by atoms with Gasteiger partial charge in [-0.2, -0.15) is 0 Å². The van der Waals surface area contributed by atoms with E-state index in [1.807, 2.05) is 49.4 Å². The van der Waals surface area contributed by atoms with Crippen LogP contribution in [0.25, 0.3) is 10.2 Å². The standard InChI is InChI=1S/C23H20ClN3OS2/c1-13-9-10-17(11-18(13)24)27-21(28)20(16-7-5-4-6-8-16)30-23-19-14(2)15(3)29-22(19)25-12-26-23/h4-12,20H,1-3H3,(H,27,28). The molecule has 2 aromatic heterocycles. The first kappa shape index (κ1) is 20.8. The van der Waals surface area contributed by atoms with Crippen LogP contribution < -0.4 is 5.32 Å². The van der Waals surface area contributed by atoms with Crippen molar-refractivity contribution >= 4 is 56.5 Å². The normalized spacial score (nSPS) is 12.1. The number of aryl methyl sites for hydroxylation is 3. The van der Waals surface area contributed by atoms with Gasteiger partial charge in [0, 0.05) is 21.0 Å². The fourth-order valence-electron chi connectivity index (χ4n) is 3.13. The number of rotatable bonds is 5. The van der Waals surface area contributed by atoms with E-state index in [0.717, 1.165) is 31.9 Å². The van der Waals surface area contributed by atoms with E-state index in [4.69, 9.17) is 11.6 Å². The number of carbonyl (C=O) groups is 1. The molecule has 2 aromatic carbocycles. The highest BCUT2D eigenvalue weighted by molar-refractivity contribution is 8.00. The molecule has 30 heavy (non-hydrogen) atoms. The van der Waals surface area contributed by atoms with Crippen LogP contribution in [-0.4, -0.2) is 15.9 Å². The quantitative estimate of drug-likeness (QED) is 0.268. The first-order valence-corrected chi connectivity index (χ1v) is 11.5. The van der Waals surface area contributed by atoms with E-state index >= 15 is 0 Å².